The maximum Gasteiger partial charge on any atom is 0.152 e. The van der Waals surface area contributed by atoms with Crippen LogP contribution in [0.4, 0.5) is 17.1 Å². The topological polar surface area (TPSA) is 23.6 Å². The quantitative estimate of drug-likeness (QED) is 0.786. The van der Waals surface area contributed by atoms with Crippen molar-refractivity contribution in [1.29, 1.82) is 0 Å². The van der Waals surface area contributed by atoms with Gasteiger partial charge in [-0.15, -0.1) is 0 Å². The number of carbonyl (C=O) groups is 1. The monoisotopic (exact) mass is 286 g/mol. The molecule has 102 valence electrons. The Hall–Kier alpha value is -2.00. The molecule has 0 radical (unpaired) electrons. The average molecular weight is 287 g/mol. The van der Waals surface area contributed by atoms with E-state index in [1.54, 1.807) is 12.1 Å². The first-order valence-corrected chi connectivity index (χ1v) is 6.91. The normalized spacial score (nSPS) is 14.1. The van der Waals surface area contributed by atoms with Crippen molar-refractivity contribution in [2.24, 2.45) is 0 Å². The molecule has 1 heterocycles. The Labute approximate surface area is 123 Å². The van der Waals surface area contributed by atoms with Crippen LogP contribution in [-0.4, -0.2) is 26.4 Å². The Balaban J connectivity index is 2.14. The lowest BCUT2D eigenvalue weighted by molar-refractivity contribution is 0.112. The largest absolute Gasteiger partial charge is 0.371 e. The van der Waals surface area contributed by atoms with Crippen LogP contribution >= 0.6 is 11.6 Å². The number of benzene rings is 2. The summed E-state index contributed by atoms with van der Waals surface area (Å²) in [6.45, 7) is 1.73. The smallest absolute Gasteiger partial charge is 0.152 e. The molecule has 3 nitrogen and oxygen atoms in total. The van der Waals surface area contributed by atoms with Crippen molar-refractivity contribution < 1.29 is 4.79 Å². The fraction of sp³-hybridized carbons (Fsp3) is 0.188. The van der Waals surface area contributed by atoms with E-state index in [2.05, 4.69) is 29.0 Å². The Kier molecular flexibility index (Phi) is 3.36. The average Bonchev–Trinajstić information content (AvgIpc) is 2.48. The van der Waals surface area contributed by atoms with E-state index in [1.165, 1.54) is 0 Å². The number of rotatable bonds is 2. The zero-order chi connectivity index (χ0) is 14.1. The Morgan fingerprint density at radius 3 is 2.55 bits per heavy atom. The molecular weight excluding hydrogens is 272 g/mol. The summed E-state index contributed by atoms with van der Waals surface area (Å²) in [5.41, 5.74) is 3.80. The molecule has 2 aromatic carbocycles. The summed E-state index contributed by atoms with van der Waals surface area (Å²) < 4.78 is 0. The molecule has 2 aromatic rings. The maximum absolute atomic E-state index is 11.3. The summed E-state index contributed by atoms with van der Waals surface area (Å²) in [6.07, 6.45) is 0.882. The molecule has 0 spiro atoms. The van der Waals surface area contributed by atoms with Crippen molar-refractivity contribution >= 4 is 34.9 Å². The zero-order valence-electron chi connectivity index (χ0n) is 11.2. The fourth-order valence-electron chi connectivity index (χ4n) is 2.61. The standard InChI is InChI=1S/C16H15ClN2O/c1-18-8-9-19(15-5-3-2-4-14(15)18)16-10-13(17)7-6-12(16)11-20/h2-7,10-11H,8-9H2,1H3. The third-order valence-corrected chi connectivity index (χ3v) is 3.89. The van der Waals surface area contributed by atoms with E-state index in [9.17, 15) is 4.79 Å². The van der Waals surface area contributed by atoms with Gasteiger partial charge in [0.1, 0.15) is 0 Å². The second-order valence-electron chi connectivity index (χ2n) is 4.88. The van der Waals surface area contributed by atoms with Crippen LogP contribution in [0.5, 0.6) is 0 Å². The van der Waals surface area contributed by atoms with E-state index in [1.807, 2.05) is 18.2 Å². The molecule has 0 bridgehead atoms. The highest BCUT2D eigenvalue weighted by atomic mass is 35.5. The van der Waals surface area contributed by atoms with Gasteiger partial charge >= 0.3 is 0 Å². The minimum absolute atomic E-state index is 0.641. The Bertz CT molecular complexity index is 657. The van der Waals surface area contributed by atoms with Crippen molar-refractivity contribution in [3.8, 4) is 0 Å². The number of carbonyl (C=O) groups excluding carboxylic acids is 1. The van der Waals surface area contributed by atoms with Crippen molar-refractivity contribution in [2.45, 2.75) is 0 Å². The van der Waals surface area contributed by atoms with Gasteiger partial charge in [0.25, 0.3) is 0 Å². The first-order valence-electron chi connectivity index (χ1n) is 6.53. The number of aldehydes is 1. The summed E-state index contributed by atoms with van der Waals surface area (Å²) in [6, 6.07) is 13.6. The van der Waals surface area contributed by atoms with E-state index in [0.29, 0.717) is 10.6 Å². The predicted molar refractivity (Wildman–Crippen MR) is 83.6 cm³/mol. The number of likely N-dealkylation sites (N-methyl/N-ethyl adjacent to an activating group) is 1. The number of nitrogens with zero attached hydrogens (tertiary/aromatic N) is 2. The van der Waals surface area contributed by atoms with Crippen LogP contribution < -0.4 is 9.80 Å². The van der Waals surface area contributed by atoms with Gasteiger partial charge in [-0.05, 0) is 30.3 Å². The number of hydrogen-bond acceptors (Lipinski definition) is 3. The van der Waals surface area contributed by atoms with Crippen LogP contribution in [0.25, 0.3) is 0 Å². The first kappa shape index (κ1) is 13.0. The molecule has 0 aromatic heterocycles. The van der Waals surface area contributed by atoms with Gasteiger partial charge in [-0.2, -0.15) is 0 Å². The third kappa shape index (κ3) is 2.14. The summed E-state index contributed by atoms with van der Waals surface area (Å²) in [7, 11) is 2.08. The van der Waals surface area contributed by atoms with Crippen molar-refractivity contribution in [3.05, 3.63) is 53.1 Å². The molecular formula is C16H15ClN2O. The summed E-state index contributed by atoms with van der Waals surface area (Å²) >= 11 is 6.10. The molecule has 4 heteroatoms. The second kappa shape index (κ2) is 5.17. The van der Waals surface area contributed by atoms with Crippen LogP contribution in [0.3, 0.4) is 0 Å². The van der Waals surface area contributed by atoms with E-state index >= 15 is 0 Å². The van der Waals surface area contributed by atoms with Gasteiger partial charge in [-0.25, -0.2) is 0 Å². The Morgan fingerprint density at radius 1 is 1.05 bits per heavy atom. The number of anilines is 3. The predicted octanol–water partition coefficient (Wildman–Crippen LogP) is 3.74. The van der Waals surface area contributed by atoms with Crippen LogP contribution in [0.15, 0.2) is 42.5 Å². The molecule has 0 aliphatic carbocycles. The van der Waals surface area contributed by atoms with Gasteiger partial charge in [-0.3, -0.25) is 4.79 Å². The van der Waals surface area contributed by atoms with E-state index in [0.717, 1.165) is 36.4 Å². The molecule has 0 amide bonds. The maximum atomic E-state index is 11.3. The van der Waals surface area contributed by atoms with Crippen molar-refractivity contribution in [2.75, 3.05) is 29.9 Å². The van der Waals surface area contributed by atoms with Gasteiger partial charge in [-0.1, -0.05) is 23.7 Å². The summed E-state index contributed by atoms with van der Waals surface area (Å²) in [5.74, 6) is 0. The molecule has 0 atom stereocenters. The Morgan fingerprint density at radius 2 is 1.80 bits per heavy atom. The first-order chi connectivity index (χ1) is 9.70. The molecule has 3 rings (SSSR count). The lowest BCUT2D eigenvalue weighted by Crippen LogP contribution is -2.36. The lowest BCUT2D eigenvalue weighted by Gasteiger charge is -2.37. The minimum atomic E-state index is 0.641. The van der Waals surface area contributed by atoms with Gasteiger partial charge in [0.05, 0.1) is 17.1 Å². The molecule has 0 unspecified atom stereocenters. The van der Waals surface area contributed by atoms with Crippen LogP contribution in [0.1, 0.15) is 10.4 Å². The molecule has 1 aliphatic rings. The number of halogens is 1. The minimum Gasteiger partial charge on any atom is -0.371 e. The highest BCUT2D eigenvalue weighted by Crippen LogP contribution is 2.38. The highest BCUT2D eigenvalue weighted by Gasteiger charge is 2.22. The van der Waals surface area contributed by atoms with E-state index in [4.69, 9.17) is 11.6 Å². The molecule has 0 saturated carbocycles. The zero-order valence-corrected chi connectivity index (χ0v) is 12.0. The third-order valence-electron chi connectivity index (χ3n) is 3.65. The molecule has 1 aliphatic heterocycles. The van der Waals surface area contributed by atoms with E-state index in [-0.39, 0.29) is 0 Å². The van der Waals surface area contributed by atoms with Gasteiger partial charge < -0.3 is 9.80 Å². The number of para-hydroxylation sites is 2. The highest BCUT2D eigenvalue weighted by molar-refractivity contribution is 6.31. The van der Waals surface area contributed by atoms with Crippen molar-refractivity contribution in [1.82, 2.24) is 0 Å². The van der Waals surface area contributed by atoms with Crippen LogP contribution in [0.2, 0.25) is 5.02 Å². The number of fused-ring (bicyclic) bond motifs is 1. The van der Waals surface area contributed by atoms with Crippen LogP contribution in [-0.2, 0) is 0 Å². The summed E-state index contributed by atoms with van der Waals surface area (Å²) in [4.78, 5) is 15.7. The lowest BCUT2D eigenvalue weighted by atomic mass is 10.1. The van der Waals surface area contributed by atoms with Gasteiger partial charge in [0, 0.05) is 30.7 Å². The van der Waals surface area contributed by atoms with E-state index < -0.39 is 0 Å². The van der Waals surface area contributed by atoms with Gasteiger partial charge in [0.15, 0.2) is 6.29 Å². The van der Waals surface area contributed by atoms with Crippen LogP contribution in [0, 0.1) is 0 Å². The molecule has 20 heavy (non-hydrogen) atoms. The molecule has 0 saturated heterocycles. The van der Waals surface area contributed by atoms with Gasteiger partial charge in [0.2, 0.25) is 0 Å². The second-order valence-corrected chi connectivity index (χ2v) is 5.32. The SMILES string of the molecule is CN1CCN(c2cc(Cl)ccc2C=O)c2ccccc21. The number of hydrogen-bond donors (Lipinski definition) is 0. The fourth-order valence-corrected chi connectivity index (χ4v) is 2.77. The molecule has 0 fully saturated rings. The molecule has 0 N–H and O–H groups in total. The summed E-state index contributed by atoms with van der Waals surface area (Å²) in [5, 5.41) is 0.641. The van der Waals surface area contributed by atoms with Crippen molar-refractivity contribution in [3.63, 3.8) is 0 Å².